The molecule has 0 unspecified atom stereocenters. The second kappa shape index (κ2) is 11.7. The first-order chi connectivity index (χ1) is 17.6. The maximum absolute atomic E-state index is 5.66. The molecule has 0 amide bonds. The van der Waals surface area contributed by atoms with Gasteiger partial charge >= 0.3 is 0 Å². The van der Waals surface area contributed by atoms with Crippen molar-refractivity contribution in [2.24, 2.45) is 15.0 Å². The maximum atomic E-state index is 5.66. The topological polar surface area (TPSA) is 58.8 Å². The number of aryl methyl sites for hydroxylation is 1. The van der Waals surface area contributed by atoms with Crippen LogP contribution in [-0.4, -0.2) is 44.7 Å². The molecule has 1 aliphatic heterocycles. The summed E-state index contributed by atoms with van der Waals surface area (Å²) in [6.07, 6.45) is 2.36. The Balaban J connectivity index is 1.78. The molecule has 0 aromatic heterocycles. The highest BCUT2D eigenvalue weighted by atomic mass is 16.5. The Bertz CT molecular complexity index is 1300. The van der Waals surface area contributed by atoms with Crippen molar-refractivity contribution >= 4 is 28.8 Å². The molecular weight excluding hydrogens is 448 g/mol. The van der Waals surface area contributed by atoms with E-state index in [2.05, 4.69) is 43.9 Å². The lowest BCUT2D eigenvalue weighted by Crippen LogP contribution is -2.23. The summed E-state index contributed by atoms with van der Waals surface area (Å²) in [4.78, 5) is 17.2. The number of unbranched alkanes of at least 4 members (excludes halogenated alkanes) is 1. The molecule has 0 saturated carbocycles. The van der Waals surface area contributed by atoms with Gasteiger partial charge < -0.3 is 14.4 Å². The Labute approximate surface area is 214 Å². The summed E-state index contributed by atoms with van der Waals surface area (Å²) in [5.74, 6) is 2.58. The lowest BCUT2D eigenvalue weighted by Gasteiger charge is -2.23. The molecule has 1 aliphatic rings. The molecule has 0 aliphatic carbocycles. The highest BCUT2D eigenvalue weighted by molar-refractivity contribution is 6.54. The van der Waals surface area contributed by atoms with E-state index in [-0.39, 0.29) is 0 Å². The Morgan fingerprint density at radius 3 is 2.36 bits per heavy atom. The molecule has 0 atom stereocenters. The number of aliphatic imine (C=N–C) groups is 3. The molecule has 0 bridgehead atoms. The highest BCUT2D eigenvalue weighted by Gasteiger charge is 2.25. The number of anilines is 1. The molecule has 1 heterocycles. The van der Waals surface area contributed by atoms with Gasteiger partial charge in [-0.15, -0.1) is 0 Å². The molecular formula is C30H34N4O2. The lowest BCUT2D eigenvalue weighted by molar-refractivity contribution is 0.402. The number of ether oxygens (including phenoxy) is 2. The first-order valence-corrected chi connectivity index (χ1v) is 12.5. The van der Waals surface area contributed by atoms with Crippen LogP contribution in [0.3, 0.4) is 0 Å². The van der Waals surface area contributed by atoms with E-state index in [1.54, 1.807) is 14.2 Å². The minimum atomic E-state index is 0.551. The number of benzene rings is 3. The fraction of sp³-hybridized carbons (Fsp3) is 0.300. The zero-order valence-electron chi connectivity index (χ0n) is 21.8. The average molecular weight is 483 g/mol. The minimum absolute atomic E-state index is 0.551. The molecule has 0 N–H and O–H groups in total. The first-order valence-electron chi connectivity index (χ1n) is 12.5. The quantitative estimate of drug-likeness (QED) is 0.326. The maximum Gasteiger partial charge on any atom is 0.181 e. The van der Waals surface area contributed by atoms with Crippen molar-refractivity contribution in [3.63, 3.8) is 0 Å². The molecule has 6 nitrogen and oxygen atoms in total. The fourth-order valence-corrected chi connectivity index (χ4v) is 4.20. The SMILES string of the molecule is CCCCN(CC)c1ccc(/N=C2\N=C(c3ccccc3)N=C2c2cc(OC)ccc2OC)c(C)c1. The number of methoxy groups -OCH3 is 2. The summed E-state index contributed by atoms with van der Waals surface area (Å²) in [5, 5.41) is 0. The smallest absolute Gasteiger partial charge is 0.181 e. The zero-order valence-corrected chi connectivity index (χ0v) is 21.8. The van der Waals surface area contributed by atoms with Crippen LogP contribution in [0, 0.1) is 6.92 Å². The van der Waals surface area contributed by atoms with Crippen LogP contribution in [0.5, 0.6) is 11.5 Å². The molecule has 0 fully saturated rings. The van der Waals surface area contributed by atoms with Gasteiger partial charge in [0.2, 0.25) is 0 Å². The molecule has 0 spiro atoms. The van der Waals surface area contributed by atoms with Gasteiger partial charge in [0, 0.05) is 29.9 Å². The zero-order chi connectivity index (χ0) is 25.5. The van der Waals surface area contributed by atoms with Gasteiger partial charge in [-0.25, -0.2) is 15.0 Å². The van der Waals surface area contributed by atoms with Crippen molar-refractivity contribution in [2.45, 2.75) is 33.6 Å². The van der Waals surface area contributed by atoms with E-state index in [0.717, 1.165) is 35.5 Å². The summed E-state index contributed by atoms with van der Waals surface area (Å²) < 4.78 is 11.1. The van der Waals surface area contributed by atoms with Crippen LogP contribution >= 0.6 is 0 Å². The molecule has 6 heteroatoms. The van der Waals surface area contributed by atoms with Gasteiger partial charge in [0.05, 0.1) is 19.9 Å². The van der Waals surface area contributed by atoms with Crippen LogP contribution in [0.1, 0.15) is 43.4 Å². The molecule has 4 rings (SSSR count). The number of hydrogen-bond donors (Lipinski definition) is 0. The van der Waals surface area contributed by atoms with Gasteiger partial charge in [-0.05, 0) is 62.2 Å². The molecule has 186 valence electrons. The molecule has 0 saturated heterocycles. The van der Waals surface area contributed by atoms with Crippen molar-refractivity contribution in [2.75, 3.05) is 32.2 Å². The second-order valence-electron chi connectivity index (χ2n) is 8.67. The third-order valence-corrected chi connectivity index (χ3v) is 6.27. The van der Waals surface area contributed by atoms with Gasteiger partial charge in [0.15, 0.2) is 11.7 Å². The molecule has 3 aromatic carbocycles. The molecule has 36 heavy (non-hydrogen) atoms. The van der Waals surface area contributed by atoms with Crippen molar-refractivity contribution in [1.82, 2.24) is 0 Å². The van der Waals surface area contributed by atoms with Crippen LogP contribution in [-0.2, 0) is 0 Å². The summed E-state index contributed by atoms with van der Waals surface area (Å²) in [7, 11) is 3.30. The largest absolute Gasteiger partial charge is 0.497 e. The third-order valence-electron chi connectivity index (χ3n) is 6.27. The Kier molecular flexibility index (Phi) is 8.16. The third kappa shape index (κ3) is 5.48. The van der Waals surface area contributed by atoms with E-state index in [1.807, 2.05) is 48.5 Å². The van der Waals surface area contributed by atoms with E-state index >= 15 is 0 Å². The molecule has 3 aromatic rings. The Morgan fingerprint density at radius 1 is 0.889 bits per heavy atom. The van der Waals surface area contributed by atoms with Crippen LogP contribution in [0.15, 0.2) is 81.7 Å². The summed E-state index contributed by atoms with van der Waals surface area (Å²) in [6.45, 7) is 8.54. The molecule has 0 radical (unpaired) electrons. The van der Waals surface area contributed by atoms with E-state index in [0.29, 0.717) is 28.9 Å². The van der Waals surface area contributed by atoms with E-state index in [9.17, 15) is 0 Å². The van der Waals surface area contributed by atoms with Crippen LogP contribution in [0.4, 0.5) is 11.4 Å². The van der Waals surface area contributed by atoms with Crippen molar-refractivity contribution in [3.8, 4) is 11.5 Å². The van der Waals surface area contributed by atoms with Gasteiger partial charge in [0.25, 0.3) is 0 Å². The summed E-state index contributed by atoms with van der Waals surface area (Å²) in [6, 6.07) is 22.0. The van der Waals surface area contributed by atoms with Crippen LogP contribution in [0.25, 0.3) is 0 Å². The van der Waals surface area contributed by atoms with Crippen LogP contribution in [0.2, 0.25) is 0 Å². The van der Waals surface area contributed by atoms with Gasteiger partial charge in [-0.3, -0.25) is 0 Å². The minimum Gasteiger partial charge on any atom is -0.497 e. The standard InChI is InChI=1S/C30H34N4O2/c1-6-8-18-34(7-2)23-14-16-26(21(3)19-23)31-30-28(25-20-24(35-4)15-17-27(25)36-5)32-29(33-30)22-12-10-9-11-13-22/h9-17,19-20H,6-8,18H2,1-5H3/b31-30-. The Hall–Kier alpha value is -3.93. The number of nitrogens with zero attached hydrogens (tertiary/aromatic N) is 4. The van der Waals surface area contributed by atoms with Crippen molar-refractivity contribution in [3.05, 3.63) is 83.4 Å². The lowest BCUT2D eigenvalue weighted by atomic mass is 10.1. The predicted octanol–water partition coefficient (Wildman–Crippen LogP) is 6.62. The Morgan fingerprint density at radius 2 is 1.69 bits per heavy atom. The van der Waals surface area contributed by atoms with Crippen molar-refractivity contribution in [1.29, 1.82) is 0 Å². The van der Waals surface area contributed by atoms with E-state index in [1.165, 1.54) is 18.5 Å². The summed E-state index contributed by atoms with van der Waals surface area (Å²) >= 11 is 0. The van der Waals surface area contributed by atoms with E-state index in [4.69, 9.17) is 24.5 Å². The van der Waals surface area contributed by atoms with Crippen LogP contribution < -0.4 is 14.4 Å². The normalized spacial score (nSPS) is 14.0. The first kappa shape index (κ1) is 25.2. The predicted molar refractivity (Wildman–Crippen MR) is 150 cm³/mol. The fourth-order valence-electron chi connectivity index (χ4n) is 4.20. The number of amidine groups is 2. The summed E-state index contributed by atoms with van der Waals surface area (Å²) in [5.41, 5.74) is 5.56. The monoisotopic (exact) mass is 482 g/mol. The highest BCUT2D eigenvalue weighted by Crippen LogP contribution is 2.30. The van der Waals surface area contributed by atoms with Crippen molar-refractivity contribution < 1.29 is 9.47 Å². The van der Waals surface area contributed by atoms with Gasteiger partial charge in [0.1, 0.15) is 17.2 Å². The van der Waals surface area contributed by atoms with Gasteiger partial charge in [-0.1, -0.05) is 43.7 Å². The second-order valence-corrected chi connectivity index (χ2v) is 8.67. The number of rotatable bonds is 10. The number of hydrogen-bond acceptors (Lipinski definition) is 5. The van der Waals surface area contributed by atoms with Gasteiger partial charge in [-0.2, -0.15) is 0 Å². The van der Waals surface area contributed by atoms with E-state index < -0.39 is 0 Å². The average Bonchev–Trinajstić information content (AvgIpc) is 3.34.